The lowest BCUT2D eigenvalue weighted by molar-refractivity contribution is 0.0384. The van der Waals surface area contributed by atoms with Crippen molar-refractivity contribution < 1.29 is 4.74 Å². The third-order valence-electron chi connectivity index (χ3n) is 4.29. The topological polar surface area (TPSA) is 38.5 Å². The molecule has 2 aromatic carbocycles. The molecular weight excluding hydrogens is 272 g/mol. The summed E-state index contributed by atoms with van der Waals surface area (Å²) < 4.78 is 5.39. The minimum atomic E-state index is -0.0514. The lowest BCUT2D eigenvalue weighted by Gasteiger charge is -2.26. The van der Waals surface area contributed by atoms with Gasteiger partial charge in [-0.3, -0.25) is 4.90 Å². The quantitative estimate of drug-likeness (QED) is 0.922. The second-order valence-electron chi connectivity index (χ2n) is 5.84. The van der Waals surface area contributed by atoms with Crippen molar-refractivity contribution >= 4 is 0 Å². The molecule has 0 radical (unpaired) electrons. The molecule has 0 bridgehead atoms. The molecule has 1 saturated heterocycles. The fourth-order valence-corrected chi connectivity index (χ4v) is 2.91. The van der Waals surface area contributed by atoms with Gasteiger partial charge in [-0.05, 0) is 23.1 Å². The number of ether oxygens (including phenoxy) is 1. The lowest BCUT2D eigenvalue weighted by Crippen LogP contribution is -2.37. The van der Waals surface area contributed by atoms with E-state index >= 15 is 0 Å². The summed E-state index contributed by atoms with van der Waals surface area (Å²) >= 11 is 0. The maximum absolute atomic E-state index is 6.40. The standard InChI is InChI=1S/C19H24N2O/c20-19(17-6-2-1-3-7-17)18-8-4-5-16(15-18)9-10-21-11-13-22-14-12-21/h1-8,15,19H,9-14,20H2. The molecule has 2 N–H and O–H groups in total. The summed E-state index contributed by atoms with van der Waals surface area (Å²) in [6.07, 6.45) is 1.06. The van der Waals surface area contributed by atoms with E-state index < -0.39 is 0 Å². The first-order valence-electron chi connectivity index (χ1n) is 8.02. The number of nitrogens with zero attached hydrogens (tertiary/aromatic N) is 1. The van der Waals surface area contributed by atoms with Crippen LogP contribution >= 0.6 is 0 Å². The molecule has 0 aromatic heterocycles. The average Bonchev–Trinajstić information content (AvgIpc) is 2.61. The van der Waals surface area contributed by atoms with Gasteiger partial charge in [0, 0.05) is 19.6 Å². The van der Waals surface area contributed by atoms with E-state index in [1.54, 1.807) is 0 Å². The molecule has 1 atom stereocenters. The van der Waals surface area contributed by atoms with Crippen molar-refractivity contribution in [2.75, 3.05) is 32.8 Å². The summed E-state index contributed by atoms with van der Waals surface area (Å²) in [5.41, 5.74) is 10.1. The number of nitrogens with two attached hydrogens (primary N) is 1. The van der Waals surface area contributed by atoms with Crippen LogP contribution in [-0.2, 0) is 11.2 Å². The molecule has 2 aromatic rings. The van der Waals surface area contributed by atoms with E-state index in [4.69, 9.17) is 10.5 Å². The molecule has 1 aliphatic rings. The van der Waals surface area contributed by atoms with E-state index in [0.717, 1.165) is 44.8 Å². The summed E-state index contributed by atoms with van der Waals surface area (Å²) in [5, 5.41) is 0. The molecule has 3 nitrogen and oxygen atoms in total. The van der Waals surface area contributed by atoms with Crippen LogP contribution in [0.25, 0.3) is 0 Å². The zero-order valence-electron chi connectivity index (χ0n) is 12.9. The third-order valence-corrected chi connectivity index (χ3v) is 4.29. The van der Waals surface area contributed by atoms with Crippen LogP contribution in [0.15, 0.2) is 54.6 Å². The SMILES string of the molecule is NC(c1ccccc1)c1cccc(CCN2CCOCC2)c1. The maximum atomic E-state index is 6.40. The first kappa shape index (κ1) is 15.2. The van der Waals surface area contributed by atoms with Crippen LogP contribution < -0.4 is 5.73 Å². The Morgan fingerprint density at radius 1 is 0.955 bits per heavy atom. The van der Waals surface area contributed by atoms with Crippen LogP contribution in [0.3, 0.4) is 0 Å². The van der Waals surface area contributed by atoms with E-state index in [2.05, 4.69) is 41.3 Å². The fourth-order valence-electron chi connectivity index (χ4n) is 2.91. The third kappa shape index (κ3) is 3.95. The Morgan fingerprint density at radius 2 is 1.68 bits per heavy atom. The molecule has 1 unspecified atom stereocenters. The number of morpholine rings is 1. The van der Waals surface area contributed by atoms with E-state index in [1.165, 1.54) is 11.1 Å². The van der Waals surface area contributed by atoms with Crippen LogP contribution in [-0.4, -0.2) is 37.7 Å². The molecule has 0 aliphatic carbocycles. The average molecular weight is 296 g/mol. The molecule has 1 fully saturated rings. The van der Waals surface area contributed by atoms with Crippen molar-refractivity contribution in [1.82, 2.24) is 4.90 Å². The second-order valence-corrected chi connectivity index (χ2v) is 5.84. The van der Waals surface area contributed by atoms with E-state index in [0.29, 0.717) is 0 Å². The van der Waals surface area contributed by atoms with Gasteiger partial charge in [0.25, 0.3) is 0 Å². The number of hydrogen-bond acceptors (Lipinski definition) is 3. The van der Waals surface area contributed by atoms with Crippen LogP contribution in [0, 0.1) is 0 Å². The summed E-state index contributed by atoms with van der Waals surface area (Å²) in [5.74, 6) is 0. The molecule has 3 heteroatoms. The molecule has 22 heavy (non-hydrogen) atoms. The first-order chi connectivity index (χ1) is 10.8. The van der Waals surface area contributed by atoms with Crippen LogP contribution in [0.2, 0.25) is 0 Å². The Labute approximate surface area is 132 Å². The number of hydrogen-bond donors (Lipinski definition) is 1. The minimum absolute atomic E-state index is 0.0514. The van der Waals surface area contributed by atoms with Gasteiger partial charge in [0.2, 0.25) is 0 Å². The van der Waals surface area contributed by atoms with Crippen molar-refractivity contribution in [3.8, 4) is 0 Å². The highest BCUT2D eigenvalue weighted by Gasteiger charge is 2.11. The Balaban J connectivity index is 1.64. The molecule has 1 aliphatic heterocycles. The first-order valence-corrected chi connectivity index (χ1v) is 8.02. The summed E-state index contributed by atoms with van der Waals surface area (Å²) in [6.45, 7) is 4.90. The monoisotopic (exact) mass is 296 g/mol. The number of rotatable bonds is 5. The zero-order chi connectivity index (χ0) is 15.2. The zero-order valence-corrected chi connectivity index (χ0v) is 12.9. The van der Waals surface area contributed by atoms with Gasteiger partial charge < -0.3 is 10.5 Å². The lowest BCUT2D eigenvalue weighted by atomic mass is 9.97. The normalized spacial score (nSPS) is 17.3. The molecule has 1 heterocycles. The summed E-state index contributed by atoms with van der Waals surface area (Å²) in [7, 11) is 0. The van der Waals surface area contributed by atoms with Crippen molar-refractivity contribution in [2.24, 2.45) is 5.73 Å². The van der Waals surface area contributed by atoms with Gasteiger partial charge in [-0.1, -0.05) is 54.6 Å². The Hall–Kier alpha value is -1.68. The Kier molecular flexibility index (Phi) is 5.22. The Bertz CT molecular complexity index is 579. The predicted molar refractivity (Wildman–Crippen MR) is 89.9 cm³/mol. The van der Waals surface area contributed by atoms with E-state index in [1.807, 2.05) is 18.2 Å². The highest BCUT2D eigenvalue weighted by molar-refractivity contribution is 5.33. The van der Waals surface area contributed by atoms with Gasteiger partial charge in [0.1, 0.15) is 0 Å². The molecule has 116 valence electrons. The molecule has 0 saturated carbocycles. The van der Waals surface area contributed by atoms with Gasteiger partial charge in [0.05, 0.1) is 19.3 Å². The predicted octanol–water partition coefficient (Wildman–Crippen LogP) is 2.61. The molecule has 0 spiro atoms. The van der Waals surface area contributed by atoms with Crippen LogP contribution in [0.5, 0.6) is 0 Å². The largest absolute Gasteiger partial charge is 0.379 e. The van der Waals surface area contributed by atoms with E-state index in [9.17, 15) is 0 Å². The molecular formula is C19H24N2O. The van der Waals surface area contributed by atoms with Crippen LogP contribution in [0.4, 0.5) is 0 Å². The van der Waals surface area contributed by atoms with Gasteiger partial charge in [-0.25, -0.2) is 0 Å². The van der Waals surface area contributed by atoms with Crippen molar-refractivity contribution in [3.05, 3.63) is 71.3 Å². The summed E-state index contributed by atoms with van der Waals surface area (Å²) in [4.78, 5) is 2.47. The van der Waals surface area contributed by atoms with Gasteiger partial charge >= 0.3 is 0 Å². The van der Waals surface area contributed by atoms with Crippen molar-refractivity contribution in [1.29, 1.82) is 0 Å². The highest BCUT2D eigenvalue weighted by Crippen LogP contribution is 2.20. The van der Waals surface area contributed by atoms with Crippen molar-refractivity contribution in [2.45, 2.75) is 12.5 Å². The van der Waals surface area contributed by atoms with Crippen LogP contribution in [0.1, 0.15) is 22.7 Å². The molecule has 0 amide bonds. The summed E-state index contributed by atoms with van der Waals surface area (Å²) in [6, 6.07) is 18.9. The minimum Gasteiger partial charge on any atom is -0.379 e. The van der Waals surface area contributed by atoms with Gasteiger partial charge in [0.15, 0.2) is 0 Å². The smallest absolute Gasteiger partial charge is 0.0594 e. The number of benzene rings is 2. The Morgan fingerprint density at radius 3 is 2.45 bits per heavy atom. The van der Waals surface area contributed by atoms with E-state index in [-0.39, 0.29) is 6.04 Å². The second kappa shape index (κ2) is 7.54. The van der Waals surface area contributed by atoms with Gasteiger partial charge in [-0.15, -0.1) is 0 Å². The molecule has 3 rings (SSSR count). The highest BCUT2D eigenvalue weighted by atomic mass is 16.5. The van der Waals surface area contributed by atoms with Gasteiger partial charge in [-0.2, -0.15) is 0 Å². The fraction of sp³-hybridized carbons (Fsp3) is 0.368. The van der Waals surface area contributed by atoms with Crippen molar-refractivity contribution in [3.63, 3.8) is 0 Å². The maximum Gasteiger partial charge on any atom is 0.0594 e.